The van der Waals surface area contributed by atoms with E-state index in [1.807, 2.05) is 7.05 Å². The van der Waals surface area contributed by atoms with Crippen LogP contribution in [-0.2, 0) is 11.2 Å². The SMILES string of the molecule is CCOC(C)(C)C(CC1Cc2ccccc21)NC. The predicted octanol–water partition coefficient (Wildman–Crippen LogP) is 3.12. The Labute approximate surface area is 111 Å². The van der Waals surface area contributed by atoms with E-state index in [1.165, 1.54) is 17.5 Å². The third-order valence-electron chi connectivity index (χ3n) is 4.19. The summed E-state index contributed by atoms with van der Waals surface area (Å²) < 4.78 is 5.88. The minimum absolute atomic E-state index is 0.103. The summed E-state index contributed by atoms with van der Waals surface area (Å²) in [5, 5.41) is 3.43. The van der Waals surface area contributed by atoms with E-state index < -0.39 is 0 Å². The van der Waals surface area contributed by atoms with Gasteiger partial charge in [-0.2, -0.15) is 0 Å². The van der Waals surface area contributed by atoms with Crippen LogP contribution in [0, 0.1) is 0 Å². The Morgan fingerprint density at radius 2 is 2.11 bits per heavy atom. The highest BCUT2D eigenvalue weighted by molar-refractivity contribution is 5.40. The second kappa shape index (κ2) is 5.41. The Kier molecular flexibility index (Phi) is 4.08. The summed E-state index contributed by atoms with van der Waals surface area (Å²) in [4.78, 5) is 0. The first-order valence-electron chi connectivity index (χ1n) is 6.97. The number of rotatable bonds is 6. The van der Waals surface area contributed by atoms with Crippen molar-refractivity contribution in [3.8, 4) is 0 Å². The van der Waals surface area contributed by atoms with E-state index in [4.69, 9.17) is 4.74 Å². The number of fused-ring (bicyclic) bond motifs is 1. The molecule has 2 heteroatoms. The molecule has 18 heavy (non-hydrogen) atoms. The molecule has 0 radical (unpaired) electrons. The number of ether oxygens (including phenoxy) is 1. The van der Waals surface area contributed by atoms with Crippen molar-refractivity contribution in [2.24, 2.45) is 0 Å². The molecule has 0 amide bonds. The summed E-state index contributed by atoms with van der Waals surface area (Å²) in [6, 6.07) is 9.19. The Balaban J connectivity index is 2.01. The monoisotopic (exact) mass is 247 g/mol. The molecule has 0 bridgehead atoms. The molecule has 1 N–H and O–H groups in total. The Hall–Kier alpha value is -0.860. The lowest BCUT2D eigenvalue weighted by Crippen LogP contribution is -2.48. The number of nitrogens with one attached hydrogen (secondary N) is 1. The van der Waals surface area contributed by atoms with Gasteiger partial charge in [0.15, 0.2) is 0 Å². The first-order chi connectivity index (χ1) is 8.58. The molecule has 0 heterocycles. The molecule has 1 aromatic rings. The number of hydrogen-bond acceptors (Lipinski definition) is 2. The van der Waals surface area contributed by atoms with Crippen LogP contribution >= 0.6 is 0 Å². The van der Waals surface area contributed by atoms with Gasteiger partial charge in [-0.3, -0.25) is 0 Å². The molecular weight excluding hydrogens is 222 g/mol. The highest BCUT2D eigenvalue weighted by atomic mass is 16.5. The van der Waals surface area contributed by atoms with Crippen molar-refractivity contribution < 1.29 is 4.74 Å². The second-order valence-electron chi connectivity index (χ2n) is 5.71. The average Bonchev–Trinajstić information content (AvgIpc) is 2.30. The van der Waals surface area contributed by atoms with E-state index >= 15 is 0 Å². The topological polar surface area (TPSA) is 21.3 Å². The lowest BCUT2D eigenvalue weighted by atomic mass is 9.72. The third-order valence-corrected chi connectivity index (χ3v) is 4.19. The van der Waals surface area contributed by atoms with Gasteiger partial charge in [0, 0.05) is 12.6 Å². The summed E-state index contributed by atoms with van der Waals surface area (Å²) >= 11 is 0. The average molecular weight is 247 g/mol. The molecule has 0 saturated carbocycles. The summed E-state index contributed by atoms with van der Waals surface area (Å²) in [7, 11) is 2.04. The van der Waals surface area contributed by atoms with Gasteiger partial charge in [-0.25, -0.2) is 0 Å². The van der Waals surface area contributed by atoms with Crippen molar-refractivity contribution in [1.82, 2.24) is 5.32 Å². The van der Waals surface area contributed by atoms with E-state index in [0.717, 1.165) is 13.0 Å². The third kappa shape index (κ3) is 2.60. The molecule has 2 atom stereocenters. The molecule has 0 fully saturated rings. The number of hydrogen-bond donors (Lipinski definition) is 1. The van der Waals surface area contributed by atoms with Crippen molar-refractivity contribution in [2.45, 2.75) is 51.2 Å². The maximum Gasteiger partial charge on any atom is 0.0778 e. The molecule has 2 nitrogen and oxygen atoms in total. The van der Waals surface area contributed by atoms with Crippen LogP contribution in [-0.4, -0.2) is 25.3 Å². The molecule has 1 aromatic carbocycles. The number of likely N-dealkylation sites (N-methyl/N-ethyl adjacent to an activating group) is 1. The van der Waals surface area contributed by atoms with Gasteiger partial charge in [0.05, 0.1) is 5.60 Å². The quantitative estimate of drug-likeness (QED) is 0.834. The van der Waals surface area contributed by atoms with Gasteiger partial charge in [-0.15, -0.1) is 0 Å². The molecule has 1 aliphatic carbocycles. The zero-order valence-corrected chi connectivity index (χ0v) is 12.0. The highest BCUT2D eigenvalue weighted by Gasteiger charge is 2.34. The van der Waals surface area contributed by atoms with Crippen molar-refractivity contribution in [1.29, 1.82) is 0 Å². The van der Waals surface area contributed by atoms with E-state index in [0.29, 0.717) is 12.0 Å². The molecule has 1 aliphatic rings. The van der Waals surface area contributed by atoms with Crippen molar-refractivity contribution in [3.05, 3.63) is 35.4 Å². The highest BCUT2D eigenvalue weighted by Crippen LogP contribution is 2.39. The molecule has 0 saturated heterocycles. The Morgan fingerprint density at radius 3 is 2.72 bits per heavy atom. The molecule has 0 aliphatic heterocycles. The maximum atomic E-state index is 5.88. The van der Waals surface area contributed by atoms with Crippen LogP contribution in [0.3, 0.4) is 0 Å². The smallest absolute Gasteiger partial charge is 0.0778 e. The Bertz CT molecular complexity index is 400. The van der Waals surface area contributed by atoms with Crippen LogP contribution in [0.25, 0.3) is 0 Å². The van der Waals surface area contributed by atoms with E-state index in [9.17, 15) is 0 Å². The lowest BCUT2D eigenvalue weighted by molar-refractivity contribution is -0.0403. The first-order valence-corrected chi connectivity index (χ1v) is 6.97. The molecule has 0 aromatic heterocycles. The predicted molar refractivity (Wildman–Crippen MR) is 76.1 cm³/mol. The van der Waals surface area contributed by atoms with Gasteiger partial charge in [0.25, 0.3) is 0 Å². The molecule has 2 unspecified atom stereocenters. The van der Waals surface area contributed by atoms with Gasteiger partial charge in [-0.05, 0) is 57.7 Å². The van der Waals surface area contributed by atoms with Crippen LogP contribution in [0.2, 0.25) is 0 Å². The zero-order valence-electron chi connectivity index (χ0n) is 12.0. The van der Waals surface area contributed by atoms with E-state index in [1.54, 1.807) is 0 Å². The van der Waals surface area contributed by atoms with Crippen molar-refractivity contribution in [2.75, 3.05) is 13.7 Å². The largest absolute Gasteiger partial charge is 0.374 e. The molecule has 0 spiro atoms. The van der Waals surface area contributed by atoms with Crippen LogP contribution in [0.5, 0.6) is 0 Å². The lowest BCUT2D eigenvalue weighted by Gasteiger charge is -2.39. The summed E-state index contributed by atoms with van der Waals surface area (Å²) in [6.45, 7) is 7.20. The summed E-state index contributed by atoms with van der Waals surface area (Å²) in [5.41, 5.74) is 2.95. The van der Waals surface area contributed by atoms with Crippen LogP contribution < -0.4 is 5.32 Å². The van der Waals surface area contributed by atoms with E-state index in [-0.39, 0.29) is 5.60 Å². The first kappa shape index (κ1) is 13.6. The van der Waals surface area contributed by atoms with Crippen LogP contribution in [0.1, 0.15) is 44.2 Å². The van der Waals surface area contributed by atoms with Gasteiger partial charge < -0.3 is 10.1 Å². The van der Waals surface area contributed by atoms with Crippen LogP contribution in [0.15, 0.2) is 24.3 Å². The van der Waals surface area contributed by atoms with Crippen LogP contribution in [0.4, 0.5) is 0 Å². The fourth-order valence-electron chi connectivity index (χ4n) is 3.08. The van der Waals surface area contributed by atoms with Crippen molar-refractivity contribution in [3.63, 3.8) is 0 Å². The fourth-order valence-corrected chi connectivity index (χ4v) is 3.08. The molecule has 2 rings (SSSR count). The molecular formula is C16H25NO. The van der Waals surface area contributed by atoms with Gasteiger partial charge in [0.1, 0.15) is 0 Å². The fraction of sp³-hybridized carbons (Fsp3) is 0.625. The van der Waals surface area contributed by atoms with Gasteiger partial charge in [-0.1, -0.05) is 24.3 Å². The minimum Gasteiger partial charge on any atom is -0.374 e. The minimum atomic E-state index is -0.103. The van der Waals surface area contributed by atoms with E-state index in [2.05, 4.69) is 50.4 Å². The number of benzene rings is 1. The standard InChI is InChI=1S/C16H25NO/c1-5-18-16(2,3)15(17-4)11-13-10-12-8-6-7-9-14(12)13/h6-9,13,15,17H,5,10-11H2,1-4H3. The van der Waals surface area contributed by atoms with Gasteiger partial charge >= 0.3 is 0 Å². The van der Waals surface area contributed by atoms with Gasteiger partial charge in [0.2, 0.25) is 0 Å². The summed E-state index contributed by atoms with van der Waals surface area (Å²) in [6.07, 6.45) is 2.37. The molecule has 100 valence electrons. The summed E-state index contributed by atoms with van der Waals surface area (Å²) in [5.74, 6) is 0.693. The maximum absolute atomic E-state index is 5.88. The zero-order chi connectivity index (χ0) is 13.2. The Morgan fingerprint density at radius 1 is 1.39 bits per heavy atom. The van der Waals surface area contributed by atoms with Crippen molar-refractivity contribution >= 4 is 0 Å². The normalized spacial score (nSPS) is 20.1. The second-order valence-corrected chi connectivity index (χ2v) is 5.71.